The number of carbonyl (C=O) groups is 1. The van der Waals surface area contributed by atoms with Crippen molar-refractivity contribution in [2.24, 2.45) is 5.92 Å². The Balaban J connectivity index is 2.36. The summed E-state index contributed by atoms with van der Waals surface area (Å²) in [6.07, 6.45) is 0.833. The van der Waals surface area contributed by atoms with Gasteiger partial charge in [-0.05, 0) is 37.0 Å². The highest BCUT2D eigenvalue weighted by Gasteiger charge is 2.09. The maximum Gasteiger partial charge on any atom is 0.253 e. The van der Waals surface area contributed by atoms with Gasteiger partial charge >= 0.3 is 0 Å². The number of ether oxygens (including phenoxy) is 1. The molecule has 1 aromatic rings. The Labute approximate surface area is 121 Å². The Morgan fingerprint density at radius 1 is 1.35 bits per heavy atom. The van der Waals surface area contributed by atoms with Crippen molar-refractivity contribution in [2.45, 2.75) is 27.2 Å². The van der Waals surface area contributed by atoms with Crippen LogP contribution in [0.1, 0.15) is 36.2 Å². The van der Waals surface area contributed by atoms with E-state index in [1.54, 1.807) is 0 Å². The number of hydrogen-bond acceptors (Lipinski definition) is 3. The van der Waals surface area contributed by atoms with Gasteiger partial charge in [-0.3, -0.25) is 4.79 Å². The van der Waals surface area contributed by atoms with Crippen LogP contribution in [-0.4, -0.2) is 32.7 Å². The van der Waals surface area contributed by atoms with Gasteiger partial charge in [-0.1, -0.05) is 19.9 Å². The lowest BCUT2D eigenvalue weighted by Crippen LogP contribution is -2.26. The summed E-state index contributed by atoms with van der Waals surface area (Å²) < 4.78 is 5.48. The highest BCUT2D eigenvalue weighted by Crippen LogP contribution is 2.16. The normalized spacial score (nSPS) is 10.7. The quantitative estimate of drug-likeness (QED) is 0.719. The summed E-state index contributed by atoms with van der Waals surface area (Å²) in [6, 6.07) is 5.77. The molecule has 1 aromatic carbocycles. The monoisotopic (exact) mass is 278 g/mol. The van der Waals surface area contributed by atoms with Crippen LogP contribution in [-0.2, 0) is 4.74 Å². The van der Waals surface area contributed by atoms with Crippen LogP contribution in [0.2, 0.25) is 0 Å². The van der Waals surface area contributed by atoms with Crippen molar-refractivity contribution in [2.75, 3.05) is 32.1 Å². The largest absolute Gasteiger partial charge is 0.387 e. The lowest BCUT2D eigenvalue weighted by molar-refractivity contribution is 0.0925. The first-order valence-electron chi connectivity index (χ1n) is 7.19. The fourth-order valence-electron chi connectivity index (χ4n) is 1.85. The van der Waals surface area contributed by atoms with Crippen LogP contribution in [0.4, 0.5) is 5.69 Å². The fourth-order valence-corrected chi connectivity index (χ4v) is 1.85. The molecule has 0 heterocycles. The molecule has 0 aliphatic carbocycles. The summed E-state index contributed by atoms with van der Waals surface area (Å²) in [6.45, 7) is 8.35. The maximum absolute atomic E-state index is 12.1. The van der Waals surface area contributed by atoms with Gasteiger partial charge in [-0.15, -0.1) is 0 Å². The van der Waals surface area contributed by atoms with E-state index >= 15 is 0 Å². The predicted molar refractivity (Wildman–Crippen MR) is 83.3 cm³/mol. The van der Waals surface area contributed by atoms with Gasteiger partial charge in [-0.2, -0.15) is 0 Å². The average Bonchev–Trinajstić information content (AvgIpc) is 2.41. The smallest absolute Gasteiger partial charge is 0.253 e. The van der Waals surface area contributed by atoms with Gasteiger partial charge in [0.1, 0.15) is 0 Å². The van der Waals surface area contributed by atoms with Gasteiger partial charge in [-0.25, -0.2) is 0 Å². The second-order valence-corrected chi connectivity index (χ2v) is 5.38. The van der Waals surface area contributed by atoms with Gasteiger partial charge in [0.2, 0.25) is 0 Å². The number of hydrogen-bond donors (Lipinski definition) is 2. The summed E-state index contributed by atoms with van der Waals surface area (Å²) in [4.78, 5) is 12.1. The Morgan fingerprint density at radius 2 is 2.10 bits per heavy atom. The van der Waals surface area contributed by atoms with E-state index in [1.165, 1.54) is 0 Å². The maximum atomic E-state index is 12.1. The van der Waals surface area contributed by atoms with E-state index in [-0.39, 0.29) is 5.91 Å². The molecule has 0 unspecified atom stereocenters. The molecule has 1 rings (SSSR count). The SMILES string of the molecule is CNc1cc(C)ccc1C(=O)NCCCOCC(C)C. The molecule has 2 N–H and O–H groups in total. The number of rotatable bonds is 8. The van der Waals surface area contributed by atoms with Crippen molar-refractivity contribution in [3.05, 3.63) is 29.3 Å². The Morgan fingerprint density at radius 3 is 2.75 bits per heavy atom. The zero-order valence-corrected chi connectivity index (χ0v) is 13.0. The van der Waals surface area contributed by atoms with Crippen LogP contribution in [0.15, 0.2) is 18.2 Å². The zero-order chi connectivity index (χ0) is 15.0. The van der Waals surface area contributed by atoms with Gasteiger partial charge in [0.15, 0.2) is 0 Å². The van der Waals surface area contributed by atoms with E-state index < -0.39 is 0 Å². The number of aryl methyl sites for hydroxylation is 1. The van der Waals surface area contributed by atoms with Crippen molar-refractivity contribution in [3.8, 4) is 0 Å². The highest BCUT2D eigenvalue weighted by atomic mass is 16.5. The number of amides is 1. The van der Waals surface area contributed by atoms with Crippen LogP contribution >= 0.6 is 0 Å². The molecule has 0 radical (unpaired) electrons. The number of benzene rings is 1. The molecular formula is C16H26N2O2. The number of anilines is 1. The molecule has 0 saturated heterocycles. The highest BCUT2D eigenvalue weighted by molar-refractivity contribution is 5.99. The molecule has 4 nitrogen and oxygen atoms in total. The van der Waals surface area contributed by atoms with Gasteiger partial charge in [0.05, 0.1) is 5.56 Å². The van der Waals surface area contributed by atoms with Crippen molar-refractivity contribution in [3.63, 3.8) is 0 Å². The Kier molecular flexibility index (Phi) is 7.09. The van der Waals surface area contributed by atoms with Crippen molar-refractivity contribution in [1.82, 2.24) is 5.32 Å². The van der Waals surface area contributed by atoms with Crippen LogP contribution < -0.4 is 10.6 Å². The fraction of sp³-hybridized carbons (Fsp3) is 0.562. The molecule has 0 aliphatic heterocycles. The molecule has 0 saturated carbocycles. The lowest BCUT2D eigenvalue weighted by Gasteiger charge is -2.11. The van der Waals surface area contributed by atoms with Gasteiger partial charge in [0, 0.05) is 32.5 Å². The molecule has 112 valence electrons. The van der Waals surface area contributed by atoms with Crippen LogP contribution in [0.5, 0.6) is 0 Å². The van der Waals surface area contributed by atoms with Gasteiger partial charge in [0.25, 0.3) is 5.91 Å². The minimum absolute atomic E-state index is 0.0433. The number of nitrogens with one attached hydrogen (secondary N) is 2. The first kappa shape index (κ1) is 16.5. The average molecular weight is 278 g/mol. The summed E-state index contributed by atoms with van der Waals surface area (Å²) in [7, 11) is 1.82. The van der Waals surface area contributed by atoms with E-state index in [2.05, 4.69) is 24.5 Å². The molecule has 20 heavy (non-hydrogen) atoms. The Hall–Kier alpha value is -1.55. The summed E-state index contributed by atoms with van der Waals surface area (Å²) >= 11 is 0. The molecule has 0 aromatic heterocycles. The van der Waals surface area contributed by atoms with Crippen molar-refractivity contribution < 1.29 is 9.53 Å². The van der Waals surface area contributed by atoms with E-state index in [1.807, 2.05) is 32.2 Å². The summed E-state index contributed by atoms with van der Waals surface area (Å²) in [5.41, 5.74) is 2.67. The van der Waals surface area contributed by atoms with Crippen LogP contribution in [0.25, 0.3) is 0 Å². The molecule has 0 fully saturated rings. The van der Waals surface area contributed by atoms with E-state index in [0.29, 0.717) is 24.6 Å². The van der Waals surface area contributed by atoms with Crippen molar-refractivity contribution in [1.29, 1.82) is 0 Å². The minimum Gasteiger partial charge on any atom is -0.387 e. The molecule has 1 amide bonds. The third-order valence-electron chi connectivity index (χ3n) is 2.89. The predicted octanol–water partition coefficient (Wildman–Crippen LogP) is 2.83. The first-order valence-corrected chi connectivity index (χ1v) is 7.19. The summed E-state index contributed by atoms with van der Waals surface area (Å²) in [5, 5.41) is 5.98. The van der Waals surface area contributed by atoms with E-state index in [4.69, 9.17) is 4.74 Å². The van der Waals surface area contributed by atoms with Gasteiger partial charge < -0.3 is 15.4 Å². The standard InChI is InChI=1S/C16H26N2O2/c1-12(2)11-20-9-5-8-18-16(19)14-7-6-13(3)10-15(14)17-4/h6-7,10,12,17H,5,8-9,11H2,1-4H3,(H,18,19). The molecule has 0 spiro atoms. The van der Waals surface area contributed by atoms with Crippen molar-refractivity contribution >= 4 is 11.6 Å². The zero-order valence-electron chi connectivity index (χ0n) is 13.0. The van der Waals surface area contributed by atoms with E-state index in [9.17, 15) is 4.79 Å². The second kappa shape index (κ2) is 8.59. The second-order valence-electron chi connectivity index (χ2n) is 5.38. The van der Waals surface area contributed by atoms with Crippen LogP contribution in [0, 0.1) is 12.8 Å². The van der Waals surface area contributed by atoms with Crippen LogP contribution in [0.3, 0.4) is 0 Å². The number of carbonyl (C=O) groups excluding carboxylic acids is 1. The topological polar surface area (TPSA) is 50.4 Å². The Bertz CT molecular complexity index is 430. The third-order valence-corrected chi connectivity index (χ3v) is 2.89. The molecule has 0 atom stereocenters. The minimum atomic E-state index is -0.0433. The lowest BCUT2D eigenvalue weighted by atomic mass is 10.1. The van der Waals surface area contributed by atoms with E-state index in [0.717, 1.165) is 24.3 Å². The third kappa shape index (κ3) is 5.61. The summed E-state index contributed by atoms with van der Waals surface area (Å²) in [5.74, 6) is 0.508. The molecule has 0 aliphatic rings. The molecule has 0 bridgehead atoms. The molecule has 4 heteroatoms. The first-order chi connectivity index (χ1) is 9.54. The molecular weight excluding hydrogens is 252 g/mol.